The Balaban J connectivity index is 1.49. The third-order valence-electron chi connectivity index (χ3n) is 5.02. The van der Waals surface area contributed by atoms with Gasteiger partial charge in [-0.2, -0.15) is 13.8 Å². The summed E-state index contributed by atoms with van der Waals surface area (Å²) in [6.07, 6.45) is 4.46. The van der Waals surface area contributed by atoms with E-state index in [0.29, 0.717) is 29.2 Å². The van der Waals surface area contributed by atoms with E-state index in [1.807, 2.05) is 0 Å². The zero-order valence-electron chi connectivity index (χ0n) is 18.3. The number of ether oxygens (including phenoxy) is 3. The van der Waals surface area contributed by atoms with Crippen molar-refractivity contribution in [3.63, 3.8) is 0 Å². The molecule has 1 amide bonds. The van der Waals surface area contributed by atoms with Crippen LogP contribution in [-0.2, 0) is 0 Å². The van der Waals surface area contributed by atoms with Gasteiger partial charge in [0.2, 0.25) is 5.89 Å². The summed E-state index contributed by atoms with van der Waals surface area (Å²) >= 11 is 0. The number of carbonyl (C=O) groups excluding carboxylic acids is 2. The van der Waals surface area contributed by atoms with E-state index in [0.717, 1.165) is 19.1 Å². The second-order valence-corrected chi connectivity index (χ2v) is 7.64. The highest BCUT2D eigenvalue weighted by Crippen LogP contribution is 2.36. The maximum atomic E-state index is 12.7. The Morgan fingerprint density at radius 2 is 2.03 bits per heavy atom. The van der Waals surface area contributed by atoms with E-state index < -0.39 is 12.6 Å². The molecule has 11 heteroatoms. The van der Waals surface area contributed by atoms with Gasteiger partial charge in [-0.05, 0) is 55.5 Å². The maximum Gasteiger partial charge on any atom is 0.387 e. The summed E-state index contributed by atoms with van der Waals surface area (Å²) < 4.78 is 46.3. The first-order chi connectivity index (χ1) is 16.3. The van der Waals surface area contributed by atoms with Crippen LogP contribution in [0, 0.1) is 12.8 Å². The van der Waals surface area contributed by atoms with Gasteiger partial charge in [-0.3, -0.25) is 4.79 Å². The molecule has 0 saturated heterocycles. The molecule has 2 aromatic heterocycles. The minimum atomic E-state index is -3.00. The number of amides is 1. The van der Waals surface area contributed by atoms with Crippen molar-refractivity contribution in [3.8, 4) is 28.8 Å². The SMILES string of the molecule is CNC(=O)c1cnc(C(=O)Oc2coc(-c3ccc(OC(F)F)c(OCC4CC4)c3)n2)c(C)c1. The fourth-order valence-corrected chi connectivity index (χ4v) is 3.08. The number of alkyl halides is 2. The quantitative estimate of drug-likeness (QED) is 0.464. The van der Waals surface area contributed by atoms with Crippen LogP contribution in [0.1, 0.15) is 39.3 Å². The molecule has 1 fully saturated rings. The van der Waals surface area contributed by atoms with E-state index >= 15 is 0 Å². The van der Waals surface area contributed by atoms with Crippen LogP contribution in [0.15, 0.2) is 41.1 Å². The molecule has 1 aromatic carbocycles. The summed E-state index contributed by atoms with van der Waals surface area (Å²) in [4.78, 5) is 32.4. The van der Waals surface area contributed by atoms with Gasteiger partial charge in [0.25, 0.3) is 11.8 Å². The normalized spacial score (nSPS) is 13.0. The van der Waals surface area contributed by atoms with E-state index in [1.54, 1.807) is 6.92 Å². The van der Waals surface area contributed by atoms with Gasteiger partial charge in [-0.1, -0.05) is 0 Å². The number of halogens is 2. The fourth-order valence-electron chi connectivity index (χ4n) is 3.08. The Kier molecular flexibility index (Phi) is 6.71. The number of nitrogens with one attached hydrogen (secondary N) is 1. The lowest BCUT2D eigenvalue weighted by Gasteiger charge is -2.12. The van der Waals surface area contributed by atoms with Gasteiger partial charge in [-0.15, -0.1) is 0 Å². The molecule has 0 radical (unpaired) electrons. The van der Waals surface area contributed by atoms with E-state index in [4.69, 9.17) is 13.9 Å². The third kappa shape index (κ3) is 5.48. The number of pyridine rings is 1. The van der Waals surface area contributed by atoms with E-state index in [2.05, 4.69) is 20.0 Å². The van der Waals surface area contributed by atoms with Gasteiger partial charge in [-0.25, -0.2) is 9.78 Å². The first-order valence-electron chi connectivity index (χ1n) is 10.4. The van der Waals surface area contributed by atoms with Crippen molar-refractivity contribution in [3.05, 3.63) is 53.5 Å². The number of rotatable bonds is 9. The van der Waals surface area contributed by atoms with Crippen LogP contribution in [0.2, 0.25) is 0 Å². The van der Waals surface area contributed by atoms with Gasteiger partial charge >= 0.3 is 12.6 Å². The van der Waals surface area contributed by atoms with Crippen molar-refractivity contribution < 1.29 is 37.0 Å². The van der Waals surface area contributed by atoms with Crippen LogP contribution < -0.4 is 19.5 Å². The van der Waals surface area contributed by atoms with Crippen LogP contribution in [0.4, 0.5) is 8.78 Å². The molecule has 3 aromatic rings. The highest BCUT2D eigenvalue weighted by Gasteiger charge is 2.24. The summed E-state index contributed by atoms with van der Waals surface area (Å²) in [5, 5.41) is 2.48. The van der Waals surface area contributed by atoms with Crippen molar-refractivity contribution in [2.24, 2.45) is 5.92 Å². The van der Waals surface area contributed by atoms with Gasteiger partial charge < -0.3 is 23.9 Å². The Hall–Kier alpha value is -4.02. The molecule has 0 atom stereocenters. The van der Waals surface area contributed by atoms with Crippen molar-refractivity contribution in [1.82, 2.24) is 15.3 Å². The van der Waals surface area contributed by atoms with Crippen molar-refractivity contribution in [2.75, 3.05) is 13.7 Å². The molecule has 0 bridgehead atoms. The van der Waals surface area contributed by atoms with Crippen molar-refractivity contribution in [1.29, 1.82) is 0 Å². The predicted molar refractivity (Wildman–Crippen MR) is 114 cm³/mol. The van der Waals surface area contributed by atoms with E-state index in [-0.39, 0.29) is 34.9 Å². The van der Waals surface area contributed by atoms with Crippen molar-refractivity contribution >= 4 is 11.9 Å². The zero-order valence-corrected chi connectivity index (χ0v) is 18.3. The predicted octanol–water partition coefficient (Wildman–Crippen LogP) is 4.01. The Bertz CT molecular complexity index is 1210. The summed E-state index contributed by atoms with van der Waals surface area (Å²) in [6.45, 7) is -0.983. The maximum absolute atomic E-state index is 12.7. The summed E-state index contributed by atoms with van der Waals surface area (Å²) in [7, 11) is 1.49. The molecule has 178 valence electrons. The van der Waals surface area contributed by atoms with Gasteiger partial charge in [0.1, 0.15) is 0 Å². The average molecular weight is 473 g/mol. The van der Waals surface area contributed by atoms with Gasteiger partial charge in [0, 0.05) is 18.8 Å². The highest BCUT2D eigenvalue weighted by atomic mass is 19.3. The summed E-state index contributed by atoms with van der Waals surface area (Å²) in [6, 6.07) is 5.80. The lowest BCUT2D eigenvalue weighted by molar-refractivity contribution is -0.0515. The van der Waals surface area contributed by atoms with Gasteiger partial charge in [0.15, 0.2) is 23.5 Å². The second-order valence-electron chi connectivity index (χ2n) is 7.64. The monoisotopic (exact) mass is 473 g/mol. The number of oxazole rings is 1. The number of aryl methyl sites for hydroxylation is 1. The molecule has 1 aliphatic carbocycles. The zero-order chi connectivity index (χ0) is 24.2. The first kappa shape index (κ1) is 23.1. The molecule has 1 N–H and O–H groups in total. The number of hydrogen-bond acceptors (Lipinski definition) is 8. The highest BCUT2D eigenvalue weighted by molar-refractivity contribution is 5.96. The van der Waals surface area contributed by atoms with Gasteiger partial charge in [0.05, 0.1) is 12.2 Å². The molecule has 0 spiro atoms. The number of carbonyl (C=O) groups is 2. The minimum absolute atomic E-state index is 0.0152. The lowest BCUT2D eigenvalue weighted by atomic mass is 10.1. The molecule has 9 nitrogen and oxygen atoms in total. The number of esters is 1. The summed E-state index contributed by atoms with van der Waals surface area (Å²) in [5.74, 6) is -0.709. The second kappa shape index (κ2) is 9.86. The molecular weight excluding hydrogens is 452 g/mol. The standard InChI is InChI=1S/C23H21F2N3O6/c1-12-7-15(20(29)26-2)9-27-19(12)22(30)34-18-11-32-21(28-18)14-5-6-16(33-23(24)25)17(8-14)31-10-13-3-4-13/h5-9,11,13,23H,3-4,10H2,1-2H3,(H,26,29). The molecule has 0 aliphatic heterocycles. The smallest absolute Gasteiger partial charge is 0.387 e. The lowest BCUT2D eigenvalue weighted by Crippen LogP contribution is -2.19. The van der Waals surface area contributed by atoms with Crippen molar-refractivity contribution in [2.45, 2.75) is 26.4 Å². The number of nitrogens with zero attached hydrogens (tertiary/aromatic N) is 2. The molecular formula is C23H21F2N3O6. The third-order valence-corrected chi connectivity index (χ3v) is 5.02. The van der Waals surface area contributed by atoms with Crippen LogP contribution in [0.3, 0.4) is 0 Å². The van der Waals surface area contributed by atoms with Crippen LogP contribution in [0.25, 0.3) is 11.5 Å². The largest absolute Gasteiger partial charge is 0.489 e. The van der Waals surface area contributed by atoms with E-state index in [1.165, 1.54) is 37.5 Å². The topological polar surface area (TPSA) is 113 Å². The number of benzene rings is 1. The molecule has 34 heavy (non-hydrogen) atoms. The Labute approximate surface area is 193 Å². The molecule has 2 heterocycles. The van der Waals surface area contributed by atoms with E-state index in [9.17, 15) is 18.4 Å². The minimum Gasteiger partial charge on any atom is -0.489 e. The Morgan fingerprint density at radius 1 is 1.24 bits per heavy atom. The Morgan fingerprint density at radius 3 is 2.71 bits per heavy atom. The molecule has 1 saturated carbocycles. The summed E-state index contributed by atoms with van der Waals surface area (Å²) in [5.41, 5.74) is 1.18. The van der Waals surface area contributed by atoms with Crippen LogP contribution >= 0.6 is 0 Å². The molecule has 4 rings (SSSR count). The van der Waals surface area contributed by atoms with Crippen LogP contribution in [0.5, 0.6) is 17.4 Å². The molecule has 1 aliphatic rings. The molecule has 0 unspecified atom stereocenters. The average Bonchev–Trinajstić information content (AvgIpc) is 3.53. The number of hydrogen-bond donors (Lipinski definition) is 1. The fraction of sp³-hybridized carbons (Fsp3) is 0.304. The van der Waals surface area contributed by atoms with Crippen LogP contribution in [-0.4, -0.2) is 42.1 Å². The number of aromatic nitrogens is 2. The first-order valence-corrected chi connectivity index (χ1v) is 10.4.